The Morgan fingerprint density at radius 3 is 2.51 bits per heavy atom. The number of furan rings is 1. The van der Waals surface area contributed by atoms with E-state index in [1.54, 1.807) is 42.6 Å². The fourth-order valence-electron chi connectivity index (χ4n) is 4.99. The van der Waals surface area contributed by atoms with E-state index in [1.165, 1.54) is 18.5 Å². The summed E-state index contributed by atoms with van der Waals surface area (Å²) in [5, 5.41) is 2.28. The van der Waals surface area contributed by atoms with Crippen LogP contribution in [0.4, 0.5) is 0 Å². The number of aromatic nitrogens is 4. The van der Waals surface area contributed by atoms with E-state index in [2.05, 4.69) is 32.1 Å². The maximum absolute atomic E-state index is 8.08. The number of fused-ring (bicyclic) bond motifs is 4. The first-order valence-corrected chi connectivity index (χ1v) is 13.7. The SMILES string of the molecule is [2H]C([2H])([2H])c1ccc(-c2[c-]cccc2)nc1.[2H]C([2H])([2H])c1ccc2c(n1)oc1c(-c3cc(-c4ccc5ncccc5c4)c(C([2H])([2H])[2H])cn3)[c-]ccc12.[Ir]. The molecule has 5 heterocycles. The molecular weight excluding hydrogens is 733 g/mol. The zero-order chi connectivity index (χ0) is 37.5. The van der Waals surface area contributed by atoms with E-state index in [0.29, 0.717) is 27.8 Å². The number of nitrogens with zero attached hydrogens (tertiary/aromatic N) is 4. The Morgan fingerprint density at radius 1 is 0.733 bits per heavy atom. The summed E-state index contributed by atoms with van der Waals surface area (Å²) in [6.07, 6.45) is 4.47. The van der Waals surface area contributed by atoms with E-state index in [0.717, 1.165) is 33.1 Å². The molecule has 0 atom stereocenters. The van der Waals surface area contributed by atoms with Crippen LogP contribution in [0.25, 0.3) is 66.6 Å². The molecule has 0 spiro atoms. The fourth-order valence-corrected chi connectivity index (χ4v) is 4.99. The van der Waals surface area contributed by atoms with Gasteiger partial charge in [0.15, 0.2) is 0 Å². The van der Waals surface area contributed by atoms with Gasteiger partial charge in [-0.05, 0) is 84.5 Å². The summed E-state index contributed by atoms with van der Waals surface area (Å²) in [6, 6.07) is 34.7. The second kappa shape index (κ2) is 12.9. The quantitative estimate of drug-likeness (QED) is 0.168. The molecule has 0 fully saturated rings. The molecule has 5 aromatic heterocycles. The third-order valence-electron chi connectivity index (χ3n) is 7.12. The van der Waals surface area contributed by atoms with Gasteiger partial charge in [0.1, 0.15) is 0 Å². The number of aryl methyl sites for hydroxylation is 3. The Labute approximate surface area is 288 Å². The number of hydrogen-bond acceptors (Lipinski definition) is 5. The molecule has 3 aromatic carbocycles. The Morgan fingerprint density at radius 2 is 1.69 bits per heavy atom. The first kappa shape index (κ1) is 20.8. The molecule has 0 unspecified atom stereocenters. The third-order valence-corrected chi connectivity index (χ3v) is 7.12. The van der Waals surface area contributed by atoms with Crippen molar-refractivity contribution >= 4 is 33.0 Å². The van der Waals surface area contributed by atoms with Crippen molar-refractivity contribution in [3.63, 3.8) is 0 Å². The molecule has 0 saturated carbocycles. The van der Waals surface area contributed by atoms with Gasteiger partial charge < -0.3 is 14.4 Å². The maximum atomic E-state index is 8.08. The number of rotatable bonds is 3. The molecule has 5 nitrogen and oxygen atoms in total. The van der Waals surface area contributed by atoms with Gasteiger partial charge in [-0.1, -0.05) is 41.3 Å². The van der Waals surface area contributed by atoms with Crippen LogP contribution in [0.1, 0.15) is 29.2 Å². The van der Waals surface area contributed by atoms with Crippen LogP contribution in [0.15, 0.2) is 120 Å². The van der Waals surface area contributed by atoms with Crippen molar-refractivity contribution in [2.45, 2.75) is 20.6 Å². The molecule has 45 heavy (non-hydrogen) atoms. The average molecular weight is 770 g/mol. The van der Waals surface area contributed by atoms with Gasteiger partial charge in [0, 0.05) is 67.5 Å². The molecule has 221 valence electrons. The zero-order valence-corrected chi connectivity index (χ0v) is 25.9. The van der Waals surface area contributed by atoms with Crippen molar-refractivity contribution in [1.82, 2.24) is 19.9 Å². The van der Waals surface area contributed by atoms with Crippen LogP contribution in [0, 0.1) is 32.7 Å². The molecule has 0 aliphatic carbocycles. The first-order chi connectivity index (χ1) is 25.2. The normalized spacial score (nSPS) is 14.6. The van der Waals surface area contributed by atoms with E-state index < -0.39 is 20.6 Å². The van der Waals surface area contributed by atoms with E-state index in [-0.39, 0.29) is 42.6 Å². The minimum atomic E-state index is -2.38. The Balaban J connectivity index is 0.000000246. The van der Waals surface area contributed by atoms with Gasteiger partial charge in [-0.3, -0.25) is 4.98 Å². The number of hydrogen-bond donors (Lipinski definition) is 0. The van der Waals surface area contributed by atoms with Crippen LogP contribution < -0.4 is 0 Å². The van der Waals surface area contributed by atoms with Gasteiger partial charge in [0.2, 0.25) is 5.71 Å². The van der Waals surface area contributed by atoms with Crippen LogP contribution in [-0.2, 0) is 20.1 Å². The summed E-state index contributed by atoms with van der Waals surface area (Å²) >= 11 is 0. The summed E-state index contributed by atoms with van der Waals surface area (Å²) in [6.45, 7) is -6.83. The summed E-state index contributed by atoms with van der Waals surface area (Å²) in [4.78, 5) is 17.2. The third kappa shape index (κ3) is 6.16. The van der Waals surface area contributed by atoms with Crippen LogP contribution in [0.2, 0.25) is 0 Å². The van der Waals surface area contributed by atoms with Crippen LogP contribution in [-0.4, -0.2) is 19.9 Å². The van der Waals surface area contributed by atoms with Gasteiger partial charge in [-0.15, -0.1) is 54.1 Å². The molecule has 0 aliphatic rings. The molecule has 0 aliphatic heterocycles. The van der Waals surface area contributed by atoms with Gasteiger partial charge in [0.25, 0.3) is 0 Å². The summed E-state index contributed by atoms with van der Waals surface area (Å²) in [7, 11) is 0. The molecule has 0 saturated heterocycles. The first-order valence-electron chi connectivity index (χ1n) is 18.2. The molecule has 1 radical (unpaired) electrons. The van der Waals surface area contributed by atoms with Gasteiger partial charge in [-0.25, -0.2) is 4.98 Å². The Hall–Kier alpha value is -5.03. The van der Waals surface area contributed by atoms with E-state index in [9.17, 15) is 0 Å². The topological polar surface area (TPSA) is 64.7 Å². The second-order valence-corrected chi connectivity index (χ2v) is 9.98. The minimum absolute atomic E-state index is 0. The zero-order valence-electron chi connectivity index (χ0n) is 32.5. The maximum Gasteiger partial charge on any atom is 0.216 e. The fraction of sp³-hybridized carbons (Fsp3) is 0.0769. The van der Waals surface area contributed by atoms with Crippen molar-refractivity contribution in [3.05, 3.63) is 145 Å². The molecule has 8 rings (SSSR count). The summed E-state index contributed by atoms with van der Waals surface area (Å²) in [5.74, 6) is 0. The molecule has 6 heteroatoms. The monoisotopic (exact) mass is 770 g/mol. The molecular formula is C39H28IrN4O-2. The van der Waals surface area contributed by atoms with Gasteiger partial charge in [-0.2, -0.15) is 0 Å². The molecule has 0 bridgehead atoms. The van der Waals surface area contributed by atoms with E-state index >= 15 is 0 Å². The Kier molecular flexibility index (Phi) is 5.98. The van der Waals surface area contributed by atoms with Crippen molar-refractivity contribution in [2.75, 3.05) is 0 Å². The van der Waals surface area contributed by atoms with Crippen molar-refractivity contribution in [3.8, 4) is 33.6 Å². The smallest absolute Gasteiger partial charge is 0.216 e. The van der Waals surface area contributed by atoms with Crippen LogP contribution in [0.3, 0.4) is 0 Å². The minimum Gasteiger partial charge on any atom is -0.486 e. The summed E-state index contributed by atoms with van der Waals surface area (Å²) in [5.41, 5.74) is 5.58. The van der Waals surface area contributed by atoms with Crippen LogP contribution >= 0.6 is 0 Å². The number of pyridine rings is 4. The predicted octanol–water partition coefficient (Wildman–Crippen LogP) is 9.53. The average Bonchev–Trinajstić information content (AvgIpc) is 3.52. The van der Waals surface area contributed by atoms with Gasteiger partial charge in [0.05, 0.1) is 11.1 Å². The Bertz CT molecular complexity index is 2590. The molecule has 0 amide bonds. The van der Waals surface area contributed by atoms with E-state index in [1.807, 2.05) is 54.6 Å². The van der Waals surface area contributed by atoms with Crippen molar-refractivity contribution in [2.24, 2.45) is 0 Å². The standard InChI is InChI=1S/C27H18N3O.C12H10N.Ir/c1-16-15-29-25(14-23(16)18-9-11-24-19(13-18)5-4-12-28-24)22-7-3-6-20-21-10-8-17(2)30-27(21)31-26(20)22;1-10-7-8-12(13-9-10)11-5-3-2-4-6-11;/h3-6,8-15H,1-2H3;2-5,7-9H,1H3;/q2*-1;/i1D3,2D3;1D3;. The molecule has 0 N–H and O–H groups in total. The second-order valence-electron chi connectivity index (χ2n) is 9.98. The van der Waals surface area contributed by atoms with Crippen molar-refractivity contribution < 1.29 is 36.9 Å². The van der Waals surface area contributed by atoms with Gasteiger partial charge >= 0.3 is 0 Å². The van der Waals surface area contributed by atoms with E-state index in [4.69, 9.17) is 16.8 Å². The van der Waals surface area contributed by atoms with Crippen molar-refractivity contribution in [1.29, 1.82) is 0 Å². The largest absolute Gasteiger partial charge is 0.486 e. The molecule has 8 aromatic rings. The summed E-state index contributed by atoms with van der Waals surface area (Å²) < 4.78 is 74.9. The van der Waals surface area contributed by atoms with Crippen LogP contribution in [0.5, 0.6) is 0 Å². The predicted molar refractivity (Wildman–Crippen MR) is 177 cm³/mol. The number of benzene rings is 3.